The number of carbonyl (C=O) groups is 2. The molecule has 5 nitrogen and oxygen atoms in total. The zero-order valence-corrected chi connectivity index (χ0v) is 17.3. The van der Waals surface area contributed by atoms with Gasteiger partial charge in [-0.05, 0) is 61.7 Å². The first-order chi connectivity index (χ1) is 13.8. The lowest BCUT2D eigenvalue weighted by Crippen LogP contribution is -2.39. The van der Waals surface area contributed by atoms with Crippen LogP contribution in [0.4, 0.5) is 4.39 Å². The maximum Gasteiger partial charge on any atom is 0.260 e. The van der Waals surface area contributed by atoms with Gasteiger partial charge in [-0.25, -0.2) is 4.39 Å². The lowest BCUT2D eigenvalue weighted by molar-refractivity contribution is -0.133. The fourth-order valence-electron chi connectivity index (χ4n) is 3.40. The van der Waals surface area contributed by atoms with Gasteiger partial charge in [-0.1, -0.05) is 17.7 Å². The van der Waals surface area contributed by atoms with Crippen LogP contribution in [0.25, 0.3) is 0 Å². The molecule has 0 unspecified atom stereocenters. The summed E-state index contributed by atoms with van der Waals surface area (Å²) in [5.74, 6) is -0.180. The summed E-state index contributed by atoms with van der Waals surface area (Å²) >= 11 is 6.16. The van der Waals surface area contributed by atoms with E-state index in [4.69, 9.17) is 16.3 Å². The summed E-state index contributed by atoms with van der Waals surface area (Å²) < 4.78 is 19.1. The zero-order valence-electron chi connectivity index (χ0n) is 16.6. The second kappa shape index (κ2) is 9.27. The van der Waals surface area contributed by atoms with E-state index in [1.54, 1.807) is 15.9 Å². The van der Waals surface area contributed by atoms with Crippen molar-refractivity contribution in [3.8, 4) is 5.75 Å². The summed E-state index contributed by atoms with van der Waals surface area (Å²) in [6, 6.07) is 9.29. The Kier molecular flexibility index (Phi) is 6.75. The number of halogens is 2. The van der Waals surface area contributed by atoms with Crippen LogP contribution in [0.2, 0.25) is 5.02 Å². The number of amides is 2. The molecule has 0 atom stereocenters. The molecule has 1 fully saturated rings. The highest BCUT2D eigenvalue weighted by molar-refractivity contribution is 6.32. The lowest BCUT2D eigenvalue weighted by Gasteiger charge is -2.22. The molecule has 0 saturated carbocycles. The summed E-state index contributed by atoms with van der Waals surface area (Å²) in [7, 11) is 0. The standard InChI is InChI=1S/C22H24ClFN2O3/c1-15-11-19(12-16(2)21(15)23)29-14-20(27)25-7-4-8-26(10-9-25)22(28)17-5-3-6-18(24)13-17/h3,5-6,11-13H,4,7-10,14H2,1-2H3. The first-order valence-corrected chi connectivity index (χ1v) is 9.95. The molecule has 0 aromatic heterocycles. The SMILES string of the molecule is Cc1cc(OCC(=O)N2CCCN(C(=O)c3cccc(F)c3)CC2)cc(C)c1Cl. The van der Waals surface area contributed by atoms with Crippen LogP contribution in [0.5, 0.6) is 5.75 Å². The second-order valence-corrected chi connectivity index (χ2v) is 7.57. The van der Waals surface area contributed by atoms with Crippen LogP contribution in [0.1, 0.15) is 27.9 Å². The molecule has 2 amide bonds. The molecule has 1 aliphatic heterocycles. The van der Waals surface area contributed by atoms with E-state index in [2.05, 4.69) is 0 Å². The van der Waals surface area contributed by atoms with E-state index >= 15 is 0 Å². The van der Waals surface area contributed by atoms with Crippen molar-refractivity contribution in [1.82, 2.24) is 9.80 Å². The fraction of sp³-hybridized carbons (Fsp3) is 0.364. The van der Waals surface area contributed by atoms with Gasteiger partial charge in [0.25, 0.3) is 11.8 Å². The van der Waals surface area contributed by atoms with Gasteiger partial charge in [-0.2, -0.15) is 0 Å². The average molecular weight is 419 g/mol. The van der Waals surface area contributed by atoms with Crippen LogP contribution in [0.15, 0.2) is 36.4 Å². The summed E-state index contributed by atoms with van der Waals surface area (Å²) in [5, 5.41) is 0.694. The van der Waals surface area contributed by atoms with Gasteiger partial charge in [0.15, 0.2) is 6.61 Å². The Morgan fingerprint density at radius 2 is 1.69 bits per heavy atom. The normalized spacial score (nSPS) is 14.5. The molecule has 0 N–H and O–H groups in total. The predicted octanol–water partition coefficient (Wildman–Crippen LogP) is 3.85. The third kappa shape index (κ3) is 5.26. The average Bonchev–Trinajstić information content (AvgIpc) is 2.96. The molecule has 3 rings (SSSR count). The van der Waals surface area contributed by atoms with Crippen LogP contribution < -0.4 is 4.74 Å². The van der Waals surface area contributed by atoms with E-state index in [0.717, 1.165) is 11.1 Å². The molecule has 1 aliphatic rings. The Balaban J connectivity index is 1.56. The molecule has 0 bridgehead atoms. The number of rotatable bonds is 4. The second-order valence-electron chi connectivity index (χ2n) is 7.20. The molecule has 1 saturated heterocycles. The molecule has 0 radical (unpaired) electrons. The van der Waals surface area contributed by atoms with Crippen LogP contribution in [-0.4, -0.2) is 54.4 Å². The minimum atomic E-state index is -0.438. The van der Waals surface area contributed by atoms with Gasteiger partial charge in [0.1, 0.15) is 11.6 Å². The van der Waals surface area contributed by atoms with Gasteiger partial charge in [-0.15, -0.1) is 0 Å². The van der Waals surface area contributed by atoms with Crippen molar-refractivity contribution in [3.63, 3.8) is 0 Å². The molecule has 0 aliphatic carbocycles. The van der Waals surface area contributed by atoms with E-state index in [1.807, 2.05) is 26.0 Å². The van der Waals surface area contributed by atoms with E-state index < -0.39 is 5.82 Å². The molecule has 7 heteroatoms. The summed E-state index contributed by atoms with van der Waals surface area (Å²) in [5.41, 5.74) is 2.12. The number of hydrogen-bond donors (Lipinski definition) is 0. The third-order valence-electron chi connectivity index (χ3n) is 4.98. The van der Waals surface area contributed by atoms with Gasteiger partial charge in [0, 0.05) is 36.8 Å². The Morgan fingerprint density at radius 3 is 2.38 bits per heavy atom. The van der Waals surface area contributed by atoms with Crippen LogP contribution in [-0.2, 0) is 4.79 Å². The predicted molar refractivity (Wildman–Crippen MR) is 110 cm³/mol. The molecule has 2 aromatic rings. The molecule has 0 spiro atoms. The van der Waals surface area contributed by atoms with Gasteiger partial charge < -0.3 is 14.5 Å². The molecular weight excluding hydrogens is 395 g/mol. The van der Waals surface area contributed by atoms with E-state index in [-0.39, 0.29) is 18.4 Å². The zero-order chi connectivity index (χ0) is 21.0. The maximum absolute atomic E-state index is 13.4. The number of aryl methyl sites for hydroxylation is 2. The summed E-state index contributed by atoms with van der Waals surface area (Å²) in [6.07, 6.45) is 0.659. The van der Waals surface area contributed by atoms with Crippen molar-refractivity contribution in [2.45, 2.75) is 20.3 Å². The van der Waals surface area contributed by atoms with Crippen LogP contribution in [0.3, 0.4) is 0 Å². The van der Waals surface area contributed by atoms with E-state index in [9.17, 15) is 14.0 Å². The summed E-state index contributed by atoms with van der Waals surface area (Å²) in [6.45, 7) is 5.61. The molecule has 29 heavy (non-hydrogen) atoms. The summed E-state index contributed by atoms with van der Waals surface area (Å²) in [4.78, 5) is 28.5. The van der Waals surface area contributed by atoms with E-state index in [0.29, 0.717) is 48.9 Å². The highest BCUT2D eigenvalue weighted by Gasteiger charge is 2.23. The molecular formula is C22H24ClFN2O3. The smallest absolute Gasteiger partial charge is 0.260 e. The Labute approximate surface area is 175 Å². The Morgan fingerprint density at radius 1 is 1.03 bits per heavy atom. The number of benzene rings is 2. The highest BCUT2D eigenvalue weighted by Crippen LogP contribution is 2.25. The van der Waals surface area contributed by atoms with Crippen molar-refractivity contribution >= 4 is 23.4 Å². The van der Waals surface area contributed by atoms with Gasteiger partial charge >= 0.3 is 0 Å². The quantitative estimate of drug-likeness (QED) is 0.757. The third-order valence-corrected chi connectivity index (χ3v) is 5.58. The molecule has 154 valence electrons. The van der Waals surface area contributed by atoms with Gasteiger partial charge in [0.2, 0.25) is 0 Å². The van der Waals surface area contributed by atoms with Crippen molar-refractivity contribution in [3.05, 3.63) is 63.9 Å². The maximum atomic E-state index is 13.4. The van der Waals surface area contributed by atoms with Gasteiger partial charge in [0.05, 0.1) is 0 Å². The number of ether oxygens (including phenoxy) is 1. The first kappa shape index (κ1) is 21.1. The van der Waals surface area contributed by atoms with Gasteiger partial charge in [-0.3, -0.25) is 9.59 Å². The number of hydrogen-bond acceptors (Lipinski definition) is 3. The monoisotopic (exact) mass is 418 g/mol. The Bertz CT molecular complexity index is 896. The van der Waals surface area contributed by atoms with E-state index in [1.165, 1.54) is 18.2 Å². The minimum absolute atomic E-state index is 0.0711. The lowest BCUT2D eigenvalue weighted by atomic mass is 10.1. The topological polar surface area (TPSA) is 49.9 Å². The highest BCUT2D eigenvalue weighted by atomic mass is 35.5. The molecule has 1 heterocycles. The largest absolute Gasteiger partial charge is 0.484 e. The van der Waals surface area contributed by atoms with Crippen LogP contribution >= 0.6 is 11.6 Å². The van der Waals surface area contributed by atoms with Crippen molar-refractivity contribution < 1.29 is 18.7 Å². The van der Waals surface area contributed by atoms with Crippen molar-refractivity contribution in [2.75, 3.05) is 32.8 Å². The number of carbonyl (C=O) groups excluding carboxylic acids is 2. The molecule has 2 aromatic carbocycles. The number of nitrogens with zero attached hydrogens (tertiary/aromatic N) is 2. The Hall–Kier alpha value is -2.60. The first-order valence-electron chi connectivity index (χ1n) is 9.57. The van der Waals surface area contributed by atoms with Crippen molar-refractivity contribution in [2.24, 2.45) is 0 Å². The minimum Gasteiger partial charge on any atom is -0.484 e. The fourth-order valence-corrected chi connectivity index (χ4v) is 3.51. The van der Waals surface area contributed by atoms with Crippen molar-refractivity contribution in [1.29, 1.82) is 0 Å². The van der Waals surface area contributed by atoms with Crippen LogP contribution in [0, 0.1) is 19.7 Å².